The van der Waals surface area contributed by atoms with Crippen LogP contribution in [0, 0.1) is 0 Å². The Balaban J connectivity index is 1.40. The van der Waals surface area contributed by atoms with E-state index in [4.69, 9.17) is 32.9 Å². The topological polar surface area (TPSA) is 63.6 Å². The van der Waals surface area contributed by atoms with E-state index in [-0.39, 0.29) is 12.5 Å². The van der Waals surface area contributed by atoms with Crippen LogP contribution in [0.2, 0.25) is 10.0 Å². The molecule has 5 aromatic rings. The highest BCUT2D eigenvalue weighted by Crippen LogP contribution is 2.33. The van der Waals surface area contributed by atoms with Crippen molar-refractivity contribution in [2.75, 3.05) is 0 Å². The number of halogens is 4. The fourth-order valence-corrected chi connectivity index (χ4v) is 5.65. The summed E-state index contributed by atoms with van der Waals surface area (Å²) in [6.07, 6.45) is 1.54. The lowest BCUT2D eigenvalue weighted by atomic mass is 10.0. The number of benzene rings is 4. The van der Waals surface area contributed by atoms with Crippen molar-refractivity contribution in [2.45, 2.75) is 6.61 Å². The number of hydrazone groups is 1. The summed E-state index contributed by atoms with van der Waals surface area (Å²) in [6, 6.07) is 28.1. The van der Waals surface area contributed by atoms with Crippen LogP contribution in [0.5, 0.6) is 5.75 Å². The van der Waals surface area contributed by atoms with Crippen molar-refractivity contribution in [3.8, 4) is 17.0 Å². The van der Waals surface area contributed by atoms with Crippen molar-refractivity contribution in [2.24, 2.45) is 5.10 Å². The van der Waals surface area contributed by atoms with Gasteiger partial charge in [-0.15, -0.1) is 0 Å². The number of fused-ring (bicyclic) bond motifs is 1. The molecule has 1 amide bonds. The third kappa shape index (κ3) is 6.50. The smallest absolute Gasteiger partial charge is 0.272 e. The summed E-state index contributed by atoms with van der Waals surface area (Å²) in [7, 11) is 0. The number of para-hydroxylation sites is 1. The van der Waals surface area contributed by atoms with E-state index in [0.717, 1.165) is 31.0 Å². The van der Waals surface area contributed by atoms with E-state index in [1.165, 1.54) is 0 Å². The standard InChI is InChI=1S/C30H19Br2Cl2N3O2/c31-21-13-20(29(24(32)14-21)39-17-18-10-11-25(33)26(34)12-18)16-35-37-30(38)23-15-28(19-6-2-1-3-7-19)36-27-9-5-4-8-22(23)27/h1-16H,17H2,(H,37,38)/b35-16-. The third-order valence-electron chi connectivity index (χ3n) is 5.80. The maximum absolute atomic E-state index is 13.3. The van der Waals surface area contributed by atoms with Crippen molar-refractivity contribution in [1.82, 2.24) is 10.4 Å². The van der Waals surface area contributed by atoms with Gasteiger partial charge in [0.2, 0.25) is 0 Å². The third-order valence-corrected chi connectivity index (χ3v) is 7.59. The first-order chi connectivity index (χ1) is 18.9. The predicted octanol–water partition coefficient (Wildman–Crippen LogP) is 9.08. The monoisotopic (exact) mass is 681 g/mol. The van der Waals surface area contributed by atoms with Crippen molar-refractivity contribution < 1.29 is 9.53 Å². The van der Waals surface area contributed by atoms with Gasteiger partial charge < -0.3 is 4.74 Å². The maximum atomic E-state index is 13.3. The van der Waals surface area contributed by atoms with Gasteiger partial charge in [0.05, 0.1) is 37.5 Å². The summed E-state index contributed by atoms with van der Waals surface area (Å²) in [5, 5.41) is 5.92. The second kappa shape index (κ2) is 12.3. The van der Waals surface area contributed by atoms with E-state index in [0.29, 0.717) is 32.6 Å². The largest absolute Gasteiger partial charge is 0.487 e. The summed E-state index contributed by atoms with van der Waals surface area (Å²) in [5.41, 5.74) is 6.99. The highest BCUT2D eigenvalue weighted by Gasteiger charge is 2.14. The molecule has 5 rings (SSSR count). The first kappa shape index (κ1) is 27.3. The molecule has 0 atom stereocenters. The molecule has 0 aliphatic carbocycles. The molecule has 0 aliphatic heterocycles. The molecule has 1 aromatic heterocycles. The van der Waals surface area contributed by atoms with Gasteiger partial charge in [-0.3, -0.25) is 4.79 Å². The van der Waals surface area contributed by atoms with Crippen LogP contribution in [0.3, 0.4) is 0 Å². The van der Waals surface area contributed by atoms with E-state index in [1.54, 1.807) is 24.4 Å². The number of carbonyl (C=O) groups excluding carboxylic acids is 1. The van der Waals surface area contributed by atoms with E-state index in [9.17, 15) is 4.79 Å². The van der Waals surface area contributed by atoms with Gasteiger partial charge >= 0.3 is 0 Å². The van der Waals surface area contributed by atoms with Crippen molar-refractivity contribution in [1.29, 1.82) is 0 Å². The van der Waals surface area contributed by atoms with Crippen LogP contribution in [0.15, 0.2) is 105 Å². The number of hydrogen-bond donors (Lipinski definition) is 1. The van der Waals surface area contributed by atoms with Crippen LogP contribution >= 0.6 is 55.1 Å². The van der Waals surface area contributed by atoms with Gasteiger partial charge in [-0.25, -0.2) is 10.4 Å². The lowest BCUT2D eigenvalue weighted by Crippen LogP contribution is -2.18. The van der Waals surface area contributed by atoms with Crippen LogP contribution in [0.1, 0.15) is 21.5 Å². The molecule has 1 heterocycles. The number of aromatic nitrogens is 1. The minimum absolute atomic E-state index is 0.260. The molecule has 0 bridgehead atoms. The molecular weight excluding hydrogens is 665 g/mol. The number of nitrogens with one attached hydrogen (secondary N) is 1. The molecule has 39 heavy (non-hydrogen) atoms. The van der Waals surface area contributed by atoms with Gasteiger partial charge in [0.1, 0.15) is 12.4 Å². The maximum Gasteiger partial charge on any atom is 0.272 e. The molecule has 9 heteroatoms. The second-order valence-corrected chi connectivity index (χ2v) is 11.1. The van der Waals surface area contributed by atoms with E-state index >= 15 is 0 Å². The molecule has 0 radical (unpaired) electrons. The van der Waals surface area contributed by atoms with Gasteiger partial charge in [0.15, 0.2) is 0 Å². The number of ether oxygens (including phenoxy) is 1. The number of amides is 1. The Bertz CT molecular complexity index is 1710. The van der Waals surface area contributed by atoms with Crippen molar-refractivity contribution >= 4 is 78.1 Å². The summed E-state index contributed by atoms with van der Waals surface area (Å²) in [4.78, 5) is 18.0. The lowest BCUT2D eigenvalue weighted by Gasteiger charge is -2.13. The SMILES string of the molecule is O=C(N/N=C\c1cc(Br)cc(Br)c1OCc1ccc(Cl)c(Cl)c1)c1cc(-c2ccccc2)nc2ccccc12. The zero-order chi connectivity index (χ0) is 27.4. The first-order valence-corrected chi connectivity index (χ1v) is 14.1. The highest BCUT2D eigenvalue weighted by atomic mass is 79.9. The number of pyridine rings is 1. The molecule has 1 N–H and O–H groups in total. The number of hydrogen-bond acceptors (Lipinski definition) is 4. The summed E-state index contributed by atoms with van der Waals surface area (Å²) in [6.45, 7) is 0.260. The zero-order valence-corrected chi connectivity index (χ0v) is 24.9. The Morgan fingerprint density at radius 2 is 1.69 bits per heavy atom. The van der Waals surface area contributed by atoms with Gasteiger partial charge in [0, 0.05) is 21.0 Å². The molecule has 5 nitrogen and oxygen atoms in total. The first-order valence-electron chi connectivity index (χ1n) is 11.7. The van der Waals surface area contributed by atoms with Gasteiger partial charge in [-0.05, 0) is 57.9 Å². The van der Waals surface area contributed by atoms with E-state index in [2.05, 4.69) is 42.4 Å². The molecule has 194 valence electrons. The second-order valence-electron chi connectivity index (χ2n) is 8.48. The molecule has 4 aromatic carbocycles. The predicted molar refractivity (Wildman–Crippen MR) is 165 cm³/mol. The Kier molecular flexibility index (Phi) is 8.63. The molecule has 0 aliphatic rings. The number of nitrogens with zero attached hydrogens (tertiary/aromatic N) is 2. The lowest BCUT2D eigenvalue weighted by molar-refractivity contribution is 0.0956. The minimum Gasteiger partial charge on any atom is -0.487 e. The Hall–Kier alpha value is -3.23. The molecule has 0 spiro atoms. The van der Waals surface area contributed by atoms with Gasteiger partial charge in [-0.2, -0.15) is 5.10 Å². The number of carbonyl (C=O) groups is 1. The van der Waals surface area contributed by atoms with Gasteiger partial charge in [0.25, 0.3) is 5.91 Å². The van der Waals surface area contributed by atoms with Crippen LogP contribution in [-0.4, -0.2) is 17.1 Å². The molecule has 0 saturated heterocycles. The highest BCUT2D eigenvalue weighted by molar-refractivity contribution is 9.11. The fourth-order valence-electron chi connectivity index (χ4n) is 3.95. The molecule has 0 fully saturated rings. The summed E-state index contributed by atoms with van der Waals surface area (Å²) in [5.74, 6) is 0.206. The number of rotatable bonds is 7. The van der Waals surface area contributed by atoms with Crippen molar-refractivity contribution in [3.05, 3.63) is 127 Å². The normalized spacial score (nSPS) is 11.2. The van der Waals surface area contributed by atoms with E-state index < -0.39 is 0 Å². The zero-order valence-electron chi connectivity index (χ0n) is 20.2. The molecule has 0 saturated carbocycles. The average Bonchev–Trinajstić information content (AvgIpc) is 2.94. The van der Waals surface area contributed by atoms with E-state index in [1.807, 2.05) is 72.8 Å². The molecular formula is C30H19Br2Cl2N3O2. The van der Waals surface area contributed by atoms with Crippen LogP contribution in [-0.2, 0) is 6.61 Å². The van der Waals surface area contributed by atoms with Gasteiger partial charge in [-0.1, -0.05) is 93.7 Å². The Labute approximate surface area is 252 Å². The van der Waals surface area contributed by atoms with Crippen LogP contribution < -0.4 is 10.2 Å². The Morgan fingerprint density at radius 1 is 0.923 bits per heavy atom. The fraction of sp³-hybridized carbons (Fsp3) is 0.0333. The summed E-state index contributed by atoms with van der Waals surface area (Å²) < 4.78 is 7.62. The minimum atomic E-state index is -0.352. The van der Waals surface area contributed by atoms with Crippen molar-refractivity contribution in [3.63, 3.8) is 0 Å². The van der Waals surface area contributed by atoms with Crippen LogP contribution in [0.25, 0.3) is 22.2 Å². The molecule has 0 unspecified atom stereocenters. The quantitative estimate of drug-likeness (QED) is 0.138. The average molecular weight is 684 g/mol. The Morgan fingerprint density at radius 3 is 2.49 bits per heavy atom. The van der Waals surface area contributed by atoms with Crippen LogP contribution in [0.4, 0.5) is 0 Å². The summed E-state index contributed by atoms with van der Waals surface area (Å²) >= 11 is 19.2.